The van der Waals surface area contributed by atoms with Crippen LogP contribution in [0.4, 0.5) is 10.5 Å². The van der Waals surface area contributed by atoms with Crippen LogP contribution in [-0.2, 0) is 11.2 Å². The van der Waals surface area contributed by atoms with Crippen LogP contribution >= 0.6 is 11.6 Å². The number of hydrogen-bond donors (Lipinski definition) is 2. The van der Waals surface area contributed by atoms with Crippen molar-refractivity contribution in [3.05, 3.63) is 64.2 Å². The summed E-state index contributed by atoms with van der Waals surface area (Å²) in [5, 5.41) is 12.8. The maximum absolute atomic E-state index is 13.2. The Morgan fingerprint density at radius 3 is 2.64 bits per heavy atom. The maximum atomic E-state index is 13.2. The van der Waals surface area contributed by atoms with Gasteiger partial charge in [-0.3, -0.25) is 9.69 Å². The standard InChI is InChI=1S/C20H18ClN3O4/c21-15-6-5-13(11-16(15)23-10-8-22-20(23)28)18(25)24-9-7-12-3-1-2-4-14(12)17(24)19(26)27/h1-6,11,17H,7-10H2,(H,22,28)(H,26,27). The highest BCUT2D eigenvalue weighted by atomic mass is 35.5. The molecule has 0 radical (unpaired) electrons. The van der Waals surface area contributed by atoms with Crippen LogP contribution in [-0.4, -0.2) is 47.5 Å². The van der Waals surface area contributed by atoms with Crippen molar-refractivity contribution in [2.24, 2.45) is 0 Å². The van der Waals surface area contributed by atoms with Crippen molar-refractivity contribution in [1.29, 1.82) is 0 Å². The predicted octanol–water partition coefficient (Wildman–Crippen LogP) is 2.69. The van der Waals surface area contributed by atoms with Crippen LogP contribution in [0.1, 0.15) is 27.5 Å². The molecule has 2 heterocycles. The summed E-state index contributed by atoms with van der Waals surface area (Å²) in [6.07, 6.45) is 0.584. The fraction of sp³-hybridized carbons (Fsp3) is 0.250. The van der Waals surface area contributed by atoms with Crippen LogP contribution < -0.4 is 10.2 Å². The first-order valence-corrected chi connectivity index (χ1v) is 9.31. The SMILES string of the molecule is O=C(O)C1c2ccccc2CCN1C(=O)c1ccc(Cl)c(N2CCNC2=O)c1. The number of carboxylic acids is 1. The summed E-state index contributed by atoms with van der Waals surface area (Å²) in [4.78, 5) is 40.0. The zero-order chi connectivity index (χ0) is 19.8. The number of carbonyl (C=O) groups excluding carboxylic acids is 2. The van der Waals surface area contributed by atoms with E-state index in [0.717, 1.165) is 5.56 Å². The van der Waals surface area contributed by atoms with Crippen molar-refractivity contribution < 1.29 is 19.5 Å². The molecular formula is C20H18ClN3O4. The van der Waals surface area contributed by atoms with E-state index in [2.05, 4.69) is 5.32 Å². The van der Waals surface area contributed by atoms with E-state index in [0.29, 0.717) is 47.9 Å². The van der Waals surface area contributed by atoms with Gasteiger partial charge in [-0.05, 0) is 35.7 Å². The van der Waals surface area contributed by atoms with E-state index in [1.165, 1.54) is 9.80 Å². The van der Waals surface area contributed by atoms with Gasteiger partial charge in [-0.25, -0.2) is 9.59 Å². The highest BCUT2D eigenvalue weighted by molar-refractivity contribution is 6.34. The lowest BCUT2D eigenvalue weighted by Gasteiger charge is -2.35. The van der Waals surface area contributed by atoms with Gasteiger partial charge in [0.15, 0.2) is 6.04 Å². The molecular weight excluding hydrogens is 382 g/mol. The zero-order valence-corrected chi connectivity index (χ0v) is 15.6. The van der Waals surface area contributed by atoms with E-state index in [4.69, 9.17) is 11.6 Å². The minimum Gasteiger partial charge on any atom is -0.479 e. The van der Waals surface area contributed by atoms with Gasteiger partial charge in [-0.1, -0.05) is 35.9 Å². The van der Waals surface area contributed by atoms with Crippen LogP contribution in [0.3, 0.4) is 0 Å². The topological polar surface area (TPSA) is 89.9 Å². The van der Waals surface area contributed by atoms with Crippen LogP contribution in [0.25, 0.3) is 0 Å². The van der Waals surface area contributed by atoms with E-state index in [1.807, 2.05) is 12.1 Å². The molecule has 7 nitrogen and oxygen atoms in total. The summed E-state index contributed by atoms with van der Waals surface area (Å²) in [6, 6.07) is 10.6. The molecule has 1 atom stereocenters. The lowest BCUT2D eigenvalue weighted by Crippen LogP contribution is -2.43. The van der Waals surface area contributed by atoms with Gasteiger partial charge in [-0.15, -0.1) is 0 Å². The molecule has 1 saturated heterocycles. The number of rotatable bonds is 3. The van der Waals surface area contributed by atoms with Crippen molar-refractivity contribution in [1.82, 2.24) is 10.2 Å². The van der Waals surface area contributed by atoms with Crippen LogP contribution in [0.2, 0.25) is 5.02 Å². The molecule has 0 spiro atoms. The number of anilines is 1. The third-order valence-corrected chi connectivity index (χ3v) is 5.44. The van der Waals surface area contributed by atoms with E-state index < -0.39 is 17.9 Å². The van der Waals surface area contributed by atoms with Gasteiger partial charge in [0.1, 0.15) is 0 Å². The van der Waals surface area contributed by atoms with Gasteiger partial charge >= 0.3 is 12.0 Å². The Hall–Kier alpha value is -3.06. The Kier molecular flexibility index (Phi) is 4.68. The fourth-order valence-electron chi connectivity index (χ4n) is 3.77. The minimum absolute atomic E-state index is 0.276. The lowest BCUT2D eigenvalue weighted by molar-refractivity contribution is -0.143. The number of halogens is 1. The molecule has 8 heteroatoms. The van der Waals surface area contributed by atoms with Gasteiger partial charge in [0.25, 0.3) is 5.91 Å². The molecule has 2 aliphatic heterocycles. The maximum Gasteiger partial charge on any atom is 0.331 e. The quantitative estimate of drug-likeness (QED) is 0.830. The molecule has 144 valence electrons. The third kappa shape index (κ3) is 3.07. The first-order chi connectivity index (χ1) is 13.5. The van der Waals surface area contributed by atoms with Crippen LogP contribution in [0.5, 0.6) is 0 Å². The number of fused-ring (bicyclic) bond motifs is 1. The normalized spacial score (nSPS) is 18.6. The van der Waals surface area contributed by atoms with Gasteiger partial charge < -0.3 is 15.3 Å². The number of hydrogen-bond acceptors (Lipinski definition) is 3. The molecule has 3 amide bonds. The zero-order valence-electron chi connectivity index (χ0n) is 14.9. The third-order valence-electron chi connectivity index (χ3n) is 5.12. The number of benzene rings is 2. The Balaban J connectivity index is 1.69. The summed E-state index contributed by atoms with van der Waals surface area (Å²) >= 11 is 6.24. The second-order valence-electron chi connectivity index (χ2n) is 6.74. The Labute approximate surface area is 166 Å². The number of amides is 3. The Morgan fingerprint density at radius 1 is 1.14 bits per heavy atom. The molecule has 1 unspecified atom stereocenters. The molecule has 4 rings (SSSR count). The average molecular weight is 400 g/mol. The number of urea groups is 1. The minimum atomic E-state index is -1.08. The van der Waals surface area contributed by atoms with Gasteiger partial charge in [-0.2, -0.15) is 0 Å². The second kappa shape index (κ2) is 7.16. The number of carbonyl (C=O) groups is 3. The lowest BCUT2D eigenvalue weighted by atomic mass is 9.92. The summed E-state index contributed by atoms with van der Waals surface area (Å²) in [5.41, 5.74) is 2.30. The van der Waals surface area contributed by atoms with E-state index >= 15 is 0 Å². The van der Waals surface area contributed by atoms with Gasteiger partial charge in [0, 0.05) is 25.2 Å². The molecule has 2 N–H and O–H groups in total. The van der Waals surface area contributed by atoms with Crippen molar-refractivity contribution in [2.75, 3.05) is 24.5 Å². The molecule has 28 heavy (non-hydrogen) atoms. The molecule has 0 aliphatic carbocycles. The highest BCUT2D eigenvalue weighted by Gasteiger charge is 2.36. The summed E-state index contributed by atoms with van der Waals surface area (Å²) in [5.74, 6) is -1.48. The molecule has 0 bridgehead atoms. The van der Waals surface area contributed by atoms with Gasteiger partial charge in [0.05, 0.1) is 10.7 Å². The molecule has 0 aromatic heterocycles. The van der Waals surface area contributed by atoms with E-state index in [9.17, 15) is 19.5 Å². The second-order valence-corrected chi connectivity index (χ2v) is 7.15. The molecule has 2 aromatic rings. The smallest absolute Gasteiger partial charge is 0.331 e. The Bertz CT molecular complexity index is 978. The average Bonchev–Trinajstić information content (AvgIpc) is 3.12. The van der Waals surface area contributed by atoms with Gasteiger partial charge in [0.2, 0.25) is 0 Å². The predicted molar refractivity (Wildman–Crippen MR) is 104 cm³/mol. The molecule has 0 saturated carbocycles. The summed E-state index contributed by atoms with van der Waals surface area (Å²) in [6.45, 7) is 1.25. The summed E-state index contributed by atoms with van der Waals surface area (Å²) < 4.78 is 0. The highest BCUT2D eigenvalue weighted by Crippen LogP contribution is 2.33. The van der Waals surface area contributed by atoms with Crippen molar-refractivity contribution in [3.8, 4) is 0 Å². The van der Waals surface area contributed by atoms with Crippen LogP contribution in [0, 0.1) is 0 Å². The van der Waals surface area contributed by atoms with Crippen molar-refractivity contribution in [3.63, 3.8) is 0 Å². The van der Waals surface area contributed by atoms with Crippen LogP contribution in [0.15, 0.2) is 42.5 Å². The van der Waals surface area contributed by atoms with Crippen molar-refractivity contribution in [2.45, 2.75) is 12.5 Å². The summed E-state index contributed by atoms with van der Waals surface area (Å²) in [7, 11) is 0. The largest absolute Gasteiger partial charge is 0.479 e. The number of carboxylic acid groups (broad SMARTS) is 1. The first kappa shape index (κ1) is 18.3. The fourth-order valence-corrected chi connectivity index (χ4v) is 3.99. The number of nitrogens with one attached hydrogen (secondary N) is 1. The van der Waals surface area contributed by atoms with E-state index in [1.54, 1.807) is 30.3 Å². The number of nitrogens with zero attached hydrogens (tertiary/aromatic N) is 2. The molecule has 2 aromatic carbocycles. The van der Waals surface area contributed by atoms with Crippen molar-refractivity contribution >= 4 is 35.2 Å². The Morgan fingerprint density at radius 2 is 1.93 bits per heavy atom. The number of aliphatic carboxylic acids is 1. The molecule has 1 fully saturated rings. The van der Waals surface area contributed by atoms with E-state index in [-0.39, 0.29) is 6.03 Å². The first-order valence-electron chi connectivity index (χ1n) is 8.94. The molecule has 2 aliphatic rings. The monoisotopic (exact) mass is 399 g/mol.